The average molecular weight is 734 g/mol. The predicted molar refractivity (Wildman–Crippen MR) is 184 cm³/mol. The molecule has 2 aromatic heterocycles. The molecular weight excluding hydrogens is 694 g/mol. The molecule has 0 spiro atoms. The van der Waals surface area contributed by atoms with E-state index >= 15 is 4.39 Å². The number of anilines is 2. The van der Waals surface area contributed by atoms with Gasteiger partial charge in [-0.05, 0) is 76.4 Å². The molecule has 1 aliphatic rings. The maximum absolute atomic E-state index is 15.1. The molecule has 2 N–H and O–H groups in total. The first-order valence-electron chi connectivity index (χ1n) is 16.1. The zero-order valence-electron chi connectivity index (χ0n) is 28.7. The first-order valence-corrected chi connectivity index (χ1v) is 17.6. The number of hydrogen-bond acceptors (Lipinski definition) is 9. The summed E-state index contributed by atoms with van der Waals surface area (Å²) in [6.45, 7) is 7.33. The molecule has 1 fully saturated rings. The fourth-order valence-corrected chi connectivity index (χ4v) is 6.38. The molecule has 2 aromatic carbocycles. The van der Waals surface area contributed by atoms with Crippen LogP contribution in [0.2, 0.25) is 0 Å². The van der Waals surface area contributed by atoms with E-state index in [1.54, 1.807) is 42.3 Å². The molecule has 5 rings (SSSR count). The molecular formula is C34H39F4N7O5S. The Bertz CT molecular complexity index is 2010. The zero-order chi connectivity index (χ0) is 37.1. The predicted octanol–water partition coefficient (Wildman–Crippen LogP) is 7.28. The second kappa shape index (κ2) is 14.8. The monoisotopic (exact) mass is 733 g/mol. The third-order valence-electron chi connectivity index (χ3n) is 7.96. The Balaban J connectivity index is 1.40. The van der Waals surface area contributed by atoms with Crippen LogP contribution in [0.5, 0.6) is 11.6 Å². The lowest BCUT2D eigenvalue weighted by molar-refractivity contribution is -0.135. The number of ether oxygens (including phenoxy) is 2. The van der Waals surface area contributed by atoms with Crippen LogP contribution in [0, 0.1) is 12.7 Å². The second-order valence-corrected chi connectivity index (χ2v) is 14.9. The fourth-order valence-electron chi connectivity index (χ4n) is 5.42. The van der Waals surface area contributed by atoms with Gasteiger partial charge in [0.25, 0.3) is 0 Å². The van der Waals surface area contributed by atoms with Crippen molar-refractivity contribution in [1.82, 2.24) is 24.2 Å². The lowest BCUT2D eigenvalue weighted by atomic mass is 10.0. The first-order chi connectivity index (χ1) is 23.9. The third kappa shape index (κ3) is 9.52. The fraction of sp³-hybridized carbons (Fsp3) is 0.412. The number of pyridine rings is 1. The molecule has 0 unspecified atom stereocenters. The molecule has 0 aliphatic carbocycles. The van der Waals surface area contributed by atoms with Gasteiger partial charge < -0.3 is 19.7 Å². The van der Waals surface area contributed by atoms with E-state index in [1.165, 1.54) is 18.3 Å². The maximum atomic E-state index is 15.1. The van der Waals surface area contributed by atoms with Crippen LogP contribution in [0.1, 0.15) is 45.6 Å². The number of benzene rings is 2. The van der Waals surface area contributed by atoms with Crippen LogP contribution >= 0.6 is 0 Å². The summed E-state index contributed by atoms with van der Waals surface area (Å²) in [6, 6.07) is 10.5. The summed E-state index contributed by atoms with van der Waals surface area (Å²) in [5.41, 5.74) is 0.510. The summed E-state index contributed by atoms with van der Waals surface area (Å²) in [5, 5.41) is 3.74. The number of carbonyl (C=O) groups is 1. The third-order valence-corrected chi connectivity index (χ3v) is 9.42. The molecule has 3 heterocycles. The van der Waals surface area contributed by atoms with E-state index in [1.807, 2.05) is 20.8 Å². The van der Waals surface area contributed by atoms with Crippen molar-refractivity contribution in [1.29, 1.82) is 0 Å². The molecule has 274 valence electrons. The minimum absolute atomic E-state index is 0.113. The van der Waals surface area contributed by atoms with Crippen molar-refractivity contribution in [3.63, 3.8) is 0 Å². The van der Waals surface area contributed by atoms with Gasteiger partial charge in [0.15, 0.2) is 0 Å². The molecule has 12 nitrogen and oxygen atoms in total. The quantitative estimate of drug-likeness (QED) is 0.161. The van der Waals surface area contributed by atoms with Gasteiger partial charge >= 0.3 is 22.5 Å². The largest absolute Gasteiger partial charge is 0.444 e. The van der Waals surface area contributed by atoms with E-state index in [4.69, 9.17) is 9.47 Å². The van der Waals surface area contributed by atoms with Crippen molar-refractivity contribution < 1.29 is 40.2 Å². The summed E-state index contributed by atoms with van der Waals surface area (Å²) in [7, 11) is -3.59. The number of hydrogen-bond donors (Lipinski definition) is 2. The highest BCUT2D eigenvalue weighted by atomic mass is 32.2. The molecule has 0 radical (unpaired) electrons. The summed E-state index contributed by atoms with van der Waals surface area (Å²) in [6.07, 6.45) is -1.68. The Hall–Kier alpha value is -4.77. The smallest absolute Gasteiger partial charge is 0.410 e. The highest BCUT2D eigenvalue weighted by molar-refractivity contribution is 7.90. The maximum Gasteiger partial charge on any atom is 0.410 e. The highest BCUT2D eigenvalue weighted by Gasteiger charge is 2.31. The summed E-state index contributed by atoms with van der Waals surface area (Å²) in [5.74, 6) is -0.218. The standard InChI is InChI=1S/C34H39F4N7O5S/c1-21-10-11-23-24(12-13-26(35)28(23)43-51(47,48)44(5)19-15-34(36,37)38)29(21)49-30-25(9-6-16-39-30)27-14-17-40-31(42-27)41-22-8-7-18-45(20-22)32(46)50-33(2,3)4/h6,9-14,16-17,22,43H,7-8,15,18-20H2,1-5H3,(H,40,41,42)/t22-/m0/s1. The van der Waals surface area contributed by atoms with Gasteiger partial charge in [0.05, 0.1) is 23.4 Å². The van der Waals surface area contributed by atoms with Crippen LogP contribution < -0.4 is 14.8 Å². The van der Waals surface area contributed by atoms with Crippen LogP contribution in [0.3, 0.4) is 0 Å². The molecule has 51 heavy (non-hydrogen) atoms. The van der Waals surface area contributed by atoms with Crippen molar-refractivity contribution >= 4 is 38.7 Å². The number of piperidine rings is 1. The Morgan fingerprint density at radius 2 is 1.80 bits per heavy atom. The number of aryl methyl sites for hydroxylation is 1. The van der Waals surface area contributed by atoms with E-state index in [0.29, 0.717) is 45.6 Å². The number of likely N-dealkylation sites (tertiary alicyclic amines) is 1. The molecule has 0 saturated carbocycles. The Kier molecular flexibility index (Phi) is 10.9. The highest BCUT2D eigenvalue weighted by Crippen LogP contribution is 2.40. The van der Waals surface area contributed by atoms with Crippen molar-refractivity contribution in [2.75, 3.05) is 36.7 Å². The lowest BCUT2D eigenvalue weighted by Gasteiger charge is -2.34. The average Bonchev–Trinajstić information content (AvgIpc) is 3.05. The normalized spacial score (nSPS) is 15.6. The van der Waals surface area contributed by atoms with Gasteiger partial charge in [0, 0.05) is 55.9 Å². The number of aromatic nitrogens is 3. The van der Waals surface area contributed by atoms with Crippen LogP contribution in [0.4, 0.5) is 34.0 Å². The van der Waals surface area contributed by atoms with Crippen LogP contribution in [-0.4, -0.2) is 83.2 Å². The zero-order valence-corrected chi connectivity index (χ0v) is 29.5. The number of fused-ring (bicyclic) bond motifs is 1. The molecule has 1 atom stereocenters. The summed E-state index contributed by atoms with van der Waals surface area (Å²) < 4.78 is 93.6. The number of amides is 1. The molecule has 1 aliphatic heterocycles. The van der Waals surface area contributed by atoms with Crippen molar-refractivity contribution in [2.24, 2.45) is 0 Å². The molecule has 1 saturated heterocycles. The molecule has 4 aromatic rings. The number of halogens is 4. The second-order valence-electron chi connectivity index (χ2n) is 13.2. The Morgan fingerprint density at radius 1 is 1.06 bits per heavy atom. The number of nitrogens with zero attached hydrogens (tertiary/aromatic N) is 5. The van der Waals surface area contributed by atoms with E-state index in [9.17, 15) is 26.4 Å². The summed E-state index contributed by atoms with van der Waals surface area (Å²) >= 11 is 0. The Labute approximate surface area is 293 Å². The summed E-state index contributed by atoms with van der Waals surface area (Å²) in [4.78, 5) is 27.8. The van der Waals surface area contributed by atoms with Gasteiger partial charge in [-0.2, -0.15) is 25.9 Å². The van der Waals surface area contributed by atoms with Gasteiger partial charge in [-0.3, -0.25) is 4.72 Å². The number of alkyl halides is 3. The van der Waals surface area contributed by atoms with Gasteiger partial charge in [0.1, 0.15) is 17.2 Å². The van der Waals surface area contributed by atoms with Crippen molar-refractivity contribution in [3.8, 4) is 22.9 Å². The van der Waals surface area contributed by atoms with Gasteiger partial charge in [-0.1, -0.05) is 12.1 Å². The SMILES string of the molecule is Cc1ccc2c(NS(=O)(=O)N(C)CCC(F)(F)F)c(F)ccc2c1Oc1ncccc1-c1ccnc(N[C@H]2CCCN(C(=O)OC(C)(C)C)C2)n1. The molecule has 1 amide bonds. The number of rotatable bonds is 10. The minimum Gasteiger partial charge on any atom is -0.444 e. The van der Waals surface area contributed by atoms with Crippen LogP contribution in [0.25, 0.3) is 22.0 Å². The van der Waals surface area contributed by atoms with E-state index in [-0.39, 0.29) is 29.2 Å². The van der Waals surface area contributed by atoms with Crippen LogP contribution in [-0.2, 0) is 14.9 Å². The number of carbonyl (C=O) groups excluding carboxylic acids is 1. The topological polar surface area (TPSA) is 139 Å². The number of nitrogens with one attached hydrogen (secondary N) is 2. The Morgan fingerprint density at radius 3 is 2.53 bits per heavy atom. The molecule has 17 heteroatoms. The minimum atomic E-state index is -4.58. The van der Waals surface area contributed by atoms with Gasteiger partial charge in [-0.15, -0.1) is 0 Å². The van der Waals surface area contributed by atoms with Crippen molar-refractivity contribution in [3.05, 3.63) is 66.2 Å². The van der Waals surface area contributed by atoms with Gasteiger partial charge in [0.2, 0.25) is 11.8 Å². The first kappa shape index (κ1) is 37.5. The van der Waals surface area contributed by atoms with Gasteiger partial charge in [-0.25, -0.2) is 24.1 Å². The van der Waals surface area contributed by atoms with E-state index in [0.717, 1.165) is 26.0 Å². The van der Waals surface area contributed by atoms with Crippen molar-refractivity contribution in [2.45, 2.75) is 64.8 Å². The molecule has 0 bridgehead atoms. The lowest BCUT2D eigenvalue weighted by Crippen LogP contribution is -2.47. The van der Waals surface area contributed by atoms with E-state index < -0.39 is 46.5 Å². The van der Waals surface area contributed by atoms with E-state index in [2.05, 4.69) is 25.0 Å². The van der Waals surface area contributed by atoms with Crippen LogP contribution in [0.15, 0.2) is 54.9 Å².